The topological polar surface area (TPSA) is 88.5 Å². The number of aromatic nitrogens is 2. The number of nitrogens with zero attached hydrogens (tertiary/aromatic N) is 4. The molecule has 24 heavy (non-hydrogen) atoms. The van der Waals surface area contributed by atoms with Gasteiger partial charge in [0, 0.05) is 38.1 Å². The Balaban J connectivity index is 1.63. The van der Waals surface area contributed by atoms with Crippen molar-refractivity contribution in [3.63, 3.8) is 0 Å². The molecule has 1 fully saturated rings. The molecule has 2 aromatic rings. The van der Waals surface area contributed by atoms with Gasteiger partial charge in [0.2, 0.25) is 17.7 Å². The van der Waals surface area contributed by atoms with Gasteiger partial charge >= 0.3 is 0 Å². The molecule has 128 valence electrons. The van der Waals surface area contributed by atoms with Crippen LogP contribution in [0.15, 0.2) is 28.7 Å². The van der Waals surface area contributed by atoms with Crippen molar-refractivity contribution in [2.24, 2.45) is 5.73 Å². The van der Waals surface area contributed by atoms with Crippen LogP contribution in [-0.2, 0) is 11.3 Å². The van der Waals surface area contributed by atoms with E-state index in [-0.39, 0.29) is 5.91 Å². The van der Waals surface area contributed by atoms with Crippen molar-refractivity contribution < 1.29 is 9.21 Å². The molecule has 1 atom stereocenters. The molecule has 8 heteroatoms. The summed E-state index contributed by atoms with van der Waals surface area (Å²) < 4.78 is 5.42. The average Bonchev–Trinajstić information content (AvgIpc) is 2.96. The average molecular weight is 350 g/mol. The first kappa shape index (κ1) is 16.9. The molecule has 1 aromatic heterocycles. The highest BCUT2D eigenvalue weighted by molar-refractivity contribution is 6.30. The molecule has 0 saturated carbocycles. The second-order valence-corrected chi connectivity index (χ2v) is 6.32. The molecular formula is C16H20ClN5O2. The lowest BCUT2D eigenvalue weighted by Gasteiger charge is -2.37. The first-order valence-corrected chi connectivity index (χ1v) is 8.21. The van der Waals surface area contributed by atoms with Crippen LogP contribution in [-0.4, -0.2) is 52.1 Å². The fourth-order valence-corrected chi connectivity index (χ4v) is 3.10. The number of amides is 1. The van der Waals surface area contributed by atoms with Crippen molar-refractivity contribution in [3.8, 4) is 0 Å². The SMILES string of the molecule is Cc1nnc(CN2CCN(C(C(N)=O)c3ccc(Cl)cc3)CC2)o1. The summed E-state index contributed by atoms with van der Waals surface area (Å²) in [5, 5.41) is 8.50. The zero-order chi connectivity index (χ0) is 17.1. The number of piperazine rings is 1. The second-order valence-electron chi connectivity index (χ2n) is 5.88. The third-order valence-electron chi connectivity index (χ3n) is 4.15. The third kappa shape index (κ3) is 3.92. The van der Waals surface area contributed by atoms with E-state index < -0.39 is 6.04 Å². The summed E-state index contributed by atoms with van der Waals surface area (Å²) >= 11 is 5.92. The Labute approximate surface area is 145 Å². The van der Waals surface area contributed by atoms with Gasteiger partial charge in [0.25, 0.3) is 0 Å². The van der Waals surface area contributed by atoms with Crippen LogP contribution in [0.25, 0.3) is 0 Å². The number of primary amides is 1. The number of benzene rings is 1. The highest BCUT2D eigenvalue weighted by Gasteiger charge is 2.29. The van der Waals surface area contributed by atoms with E-state index in [1.807, 2.05) is 12.1 Å². The molecular weight excluding hydrogens is 330 g/mol. The highest BCUT2D eigenvalue weighted by Crippen LogP contribution is 2.24. The van der Waals surface area contributed by atoms with Gasteiger partial charge in [-0.3, -0.25) is 14.6 Å². The Kier molecular flexibility index (Phi) is 5.13. The molecule has 1 amide bonds. The lowest BCUT2D eigenvalue weighted by atomic mass is 10.0. The fraction of sp³-hybridized carbons (Fsp3) is 0.438. The van der Waals surface area contributed by atoms with E-state index in [0.29, 0.717) is 23.3 Å². The van der Waals surface area contributed by atoms with Crippen LogP contribution in [0.3, 0.4) is 0 Å². The largest absolute Gasteiger partial charge is 0.424 e. The van der Waals surface area contributed by atoms with Gasteiger partial charge in [-0.2, -0.15) is 0 Å². The lowest BCUT2D eigenvalue weighted by Crippen LogP contribution is -2.50. The maximum absolute atomic E-state index is 12.0. The normalized spacial score (nSPS) is 17.8. The minimum Gasteiger partial charge on any atom is -0.424 e. The van der Waals surface area contributed by atoms with Crippen molar-refractivity contribution in [3.05, 3.63) is 46.6 Å². The molecule has 0 radical (unpaired) electrons. The summed E-state index contributed by atoms with van der Waals surface area (Å²) in [5.41, 5.74) is 6.51. The van der Waals surface area contributed by atoms with Gasteiger partial charge in [0.1, 0.15) is 6.04 Å². The predicted octanol–water partition coefficient (Wildman–Crippen LogP) is 1.38. The van der Waals surface area contributed by atoms with Crippen LogP contribution in [0.1, 0.15) is 23.4 Å². The third-order valence-corrected chi connectivity index (χ3v) is 4.41. The molecule has 3 rings (SSSR count). The number of halogens is 1. The number of rotatable bonds is 5. The Hall–Kier alpha value is -1.96. The van der Waals surface area contributed by atoms with Gasteiger partial charge in [-0.25, -0.2) is 0 Å². The Bertz CT molecular complexity index is 695. The van der Waals surface area contributed by atoms with Crippen molar-refractivity contribution in [2.45, 2.75) is 19.5 Å². The number of carbonyl (C=O) groups excluding carboxylic acids is 1. The van der Waals surface area contributed by atoms with Gasteiger partial charge in [-0.05, 0) is 17.7 Å². The smallest absolute Gasteiger partial charge is 0.239 e. The summed E-state index contributed by atoms with van der Waals surface area (Å²) in [5.74, 6) is 0.837. The quantitative estimate of drug-likeness (QED) is 0.877. The zero-order valence-corrected chi connectivity index (χ0v) is 14.2. The minimum atomic E-state index is -0.435. The molecule has 0 aliphatic carbocycles. The monoisotopic (exact) mass is 349 g/mol. The summed E-state index contributed by atoms with van der Waals surface area (Å²) in [7, 11) is 0. The van der Waals surface area contributed by atoms with E-state index in [2.05, 4.69) is 20.0 Å². The van der Waals surface area contributed by atoms with Gasteiger partial charge in [0.15, 0.2) is 0 Å². The zero-order valence-electron chi connectivity index (χ0n) is 13.5. The van der Waals surface area contributed by atoms with Gasteiger partial charge in [-0.15, -0.1) is 10.2 Å². The highest BCUT2D eigenvalue weighted by atomic mass is 35.5. The number of aryl methyl sites for hydroxylation is 1. The van der Waals surface area contributed by atoms with E-state index in [9.17, 15) is 4.79 Å². The molecule has 7 nitrogen and oxygen atoms in total. The Morgan fingerprint density at radius 3 is 2.46 bits per heavy atom. The molecule has 1 unspecified atom stereocenters. The van der Waals surface area contributed by atoms with E-state index in [4.69, 9.17) is 21.8 Å². The van der Waals surface area contributed by atoms with Crippen molar-refractivity contribution in [2.75, 3.05) is 26.2 Å². The van der Waals surface area contributed by atoms with Crippen molar-refractivity contribution in [1.29, 1.82) is 0 Å². The maximum atomic E-state index is 12.0. The predicted molar refractivity (Wildman–Crippen MR) is 89.3 cm³/mol. The van der Waals surface area contributed by atoms with Crippen LogP contribution in [0, 0.1) is 6.92 Å². The first-order valence-electron chi connectivity index (χ1n) is 7.83. The number of nitrogens with two attached hydrogens (primary N) is 1. The summed E-state index contributed by atoms with van der Waals surface area (Å²) in [6.45, 7) is 5.49. The standard InChI is InChI=1S/C16H20ClN5O2/c1-11-19-20-14(24-11)10-21-6-8-22(9-7-21)15(16(18)23)12-2-4-13(17)5-3-12/h2-5,15H,6-10H2,1H3,(H2,18,23). The maximum Gasteiger partial charge on any atom is 0.239 e. The van der Waals surface area contributed by atoms with E-state index in [1.54, 1.807) is 19.1 Å². The summed E-state index contributed by atoms with van der Waals surface area (Å²) in [4.78, 5) is 16.3. The van der Waals surface area contributed by atoms with E-state index >= 15 is 0 Å². The molecule has 0 spiro atoms. The number of hydrogen-bond donors (Lipinski definition) is 1. The molecule has 1 aromatic carbocycles. The molecule has 2 heterocycles. The number of carbonyl (C=O) groups is 1. The molecule has 0 bridgehead atoms. The Morgan fingerprint density at radius 2 is 1.92 bits per heavy atom. The van der Waals surface area contributed by atoms with Crippen LogP contribution in [0.2, 0.25) is 5.02 Å². The first-order chi connectivity index (χ1) is 11.5. The van der Waals surface area contributed by atoms with Crippen LogP contribution in [0.5, 0.6) is 0 Å². The van der Waals surface area contributed by atoms with E-state index in [1.165, 1.54) is 0 Å². The summed E-state index contributed by atoms with van der Waals surface area (Å²) in [6.07, 6.45) is 0. The van der Waals surface area contributed by atoms with Crippen LogP contribution >= 0.6 is 11.6 Å². The number of hydrogen-bond acceptors (Lipinski definition) is 6. The lowest BCUT2D eigenvalue weighted by molar-refractivity contribution is -0.124. The van der Waals surface area contributed by atoms with E-state index in [0.717, 1.165) is 31.7 Å². The Morgan fingerprint density at radius 1 is 1.25 bits per heavy atom. The molecule has 1 aliphatic rings. The molecule has 1 aliphatic heterocycles. The van der Waals surface area contributed by atoms with Gasteiger partial charge in [-0.1, -0.05) is 23.7 Å². The van der Waals surface area contributed by atoms with Crippen molar-refractivity contribution in [1.82, 2.24) is 20.0 Å². The van der Waals surface area contributed by atoms with Crippen molar-refractivity contribution >= 4 is 17.5 Å². The summed E-state index contributed by atoms with van der Waals surface area (Å²) in [6, 6.07) is 6.83. The molecule has 2 N–H and O–H groups in total. The van der Waals surface area contributed by atoms with Crippen LogP contribution in [0.4, 0.5) is 0 Å². The minimum absolute atomic E-state index is 0.349. The van der Waals surface area contributed by atoms with Crippen LogP contribution < -0.4 is 5.73 Å². The molecule has 1 saturated heterocycles. The van der Waals surface area contributed by atoms with Gasteiger partial charge < -0.3 is 10.2 Å². The second kappa shape index (κ2) is 7.29. The fourth-order valence-electron chi connectivity index (χ4n) is 2.97. The van der Waals surface area contributed by atoms with Gasteiger partial charge in [0.05, 0.1) is 6.54 Å².